The van der Waals surface area contributed by atoms with Gasteiger partial charge in [0.25, 0.3) is 0 Å². The second kappa shape index (κ2) is 19.6. The smallest absolute Gasteiger partial charge is 0.343 e. The average Bonchev–Trinajstić information content (AvgIpc) is 2.34. The van der Waals surface area contributed by atoms with Gasteiger partial charge in [0.15, 0.2) is 0 Å². The molecule has 0 nitrogen and oxygen atoms in total. The summed E-state index contributed by atoms with van der Waals surface area (Å²) in [6.45, 7) is 8.54. The first-order chi connectivity index (χ1) is 8.77. The minimum atomic E-state index is 0. The normalized spacial score (nSPS) is 10.7. The predicted octanol–water partition coefficient (Wildman–Crippen LogP) is 3.94. The third-order valence-corrected chi connectivity index (χ3v) is 3.78. The zero-order chi connectivity index (χ0) is 13.5. The fraction of sp³-hybridized carbons (Fsp3) is 0.944. The Labute approximate surface area is 166 Å². The van der Waals surface area contributed by atoms with Crippen molar-refractivity contribution < 1.29 is 51.4 Å². The van der Waals surface area contributed by atoms with Gasteiger partial charge < -0.3 is 6.92 Å². The molecule has 0 N–H and O–H groups in total. The molecule has 0 aliphatic rings. The summed E-state index contributed by atoms with van der Waals surface area (Å²) < 4.78 is 0. The molecular formula is C18H37K. The van der Waals surface area contributed by atoms with Gasteiger partial charge in [0.1, 0.15) is 0 Å². The van der Waals surface area contributed by atoms with Gasteiger partial charge in [-0.1, -0.05) is 97.3 Å². The topological polar surface area (TPSA) is 0 Å². The summed E-state index contributed by atoms with van der Waals surface area (Å²) in [4.78, 5) is 0. The number of unbranched alkanes of at least 4 members (excludes halogenated alkanes) is 12. The van der Waals surface area contributed by atoms with Crippen LogP contribution in [-0.4, -0.2) is 0 Å². The van der Waals surface area contributed by atoms with Crippen LogP contribution in [0, 0.1) is 12.8 Å². The maximum atomic E-state index is 3.88. The summed E-state index contributed by atoms with van der Waals surface area (Å²) in [5.74, 6) is 0.897. The number of rotatable bonds is 14. The molecule has 0 fully saturated rings. The van der Waals surface area contributed by atoms with E-state index in [1.807, 2.05) is 0 Å². The van der Waals surface area contributed by atoms with Crippen LogP contribution >= 0.6 is 0 Å². The van der Waals surface area contributed by atoms with Gasteiger partial charge in [-0.15, -0.1) is 0 Å². The molecule has 0 radical (unpaired) electrons. The van der Waals surface area contributed by atoms with E-state index in [9.17, 15) is 0 Å². The fourth-order valence-corrected chi connectivity index (χ4v) is 2.50. The van der Waals surface area contributed by atoms with E-state index < -0.39 is 0 Å². The van der Waals surface area contributed by atoms with Crippen molar-refractivity contribution in [2.75, 3.05) is 0 Å². The van der Waals surface area contributed by atoms with Crippen molar-refractivity contribution in [3.05, 3.63) is 6.92 Å². The zero-order valence-electron chi connectivity index (χ0n) is 14.2. The number of hydrogen-bond donors (Lipinski definition) is 0. The molecule has 0 bridgehead atoms. The second-order valence-electron chi connectivity index (χ2n) is 6.28. The summed E-state index contributed by atoms with van der Waals surface area (Å²) in [5, 5.41) is 0. The van der Waals surface area contributed by atoms with Crippen LogP contribution < -0.4 is 51.4 Å². The monoisotopic (exact) mass is 292 g/mol. The van der Waals surface area contributed by atoms with Crippen LogP contribution in [0.25, 0.3) is 0 Å². The van der Waals surface area contributed by atoms with E-state index in [0.717, 1.165) is 12.3 Å². The Kier molecular flexibility index (Phi) is 23.7. The molecule has 0 rings (SSSR count). The van der Waals surface area contributed by atoms with E-state index in [1.165, 1.54) is 83.5 Å². The third kappa shape index (κ3) is 22.1. The number of hydrogen-bond acceptors (Lipinski definition) is 0. The molecular weight excluding hydrogens is 255 g/mol. The summed E-state index contributed by atoms with van der Waals surface area (Å²) >= 11 is 0. The summed E-state index contributed by atoms with van der Waals surface area (Å²) in [7, 11) is 0. The molecule has 0 aliphatic carbocycles. The SMILES string of the molecule is [CH2-]CCCCCCCCCCCCCCC(C)C.[K+]. The molecule has 0 heterocycles. The Morgan fingerprint density at radius 3 is 1.21 bits per heavy atom. The fourth-order valence-electron chi connectivity index (χ4n) is 2.50. The van der Waals surface area contributed by atoms with Gasteiger partial charge in [0.2, 0.25) is 0 Å². The molecule has 110 valence electrons. The largest absolute Gasteiger partial charge is 1.00 e. The van der Waals surface area contributed by atoms with Crippen LogP contribution in [0.5, 0.6) is 0 Å². The van der Waals surface area contributed by atoms with E-state index in [-0.39, 0.29) is 51.4 Å². The van der Waals surface area contributed by atoms with E-state index in [1.54, 1.807) is 0 Å². The van der Waals surface area contributed by atoms with Crippen molar-refractivity contribution in [3.8, 4) is 0 Å². The van der Waals surface area contributed by atoms with E-state index in [0.29, 0.717) is 0 Å². The molecule has 0 atom stereocenters. The van der Waals surface area contributed by atoms with Crippen molar-refractivity contribution in [2.45, 2.75) is 104 Å². The third-order valence-electron chi connectivity index (χ3n) is 3.78. The Bertz CT molecular complexity index is 143. The Morgan fingerprint density at radius 2 is 0.895 bits per heavy atom. The van der Waals surface area contributed by atoms with E-state index >= 15 is 0 Å². The Balaban J connectivity index is 0. The summed E-state index contributed by atoms with van der Waals surface area (Å²) in [6.07, 6.45) is 19.9. The van der Waals surface area contributed by atoms with Gasteiger partial charge >= 0.3 is 51.4 Å². The molecule has 0 unspecified atom stereocenters. The quantitative estimate of drug-likeness (QED) is 0.258. The standard InChI is InChI=1S/C18H37.K/c1-4-5-6-7-8-9-10-11-12-13-14-15-16-17-18(2)3;/h18H,1,4-17H2,2-3H3;/q-1;+1. The second-order valence-corrected chi connectivity index (χ2v) is 6.28. The molecule has 0 amide bonds. The van der Waals surface area contributed by atoms with Crippen LogP contribution in [0.15, 0.2) is 0 Å². The van der Waals surface area contributed by atoms with Gasteiger partial charge in [0.05, 0.1) is 0 Å². The minimum absolute atomic E-state index is 0. The van der Waals surface area contributed by atoms with Crippen molar-refractivity contribution in [1.82, 2.24) is 0 Å². The summed E-state index contributed by atoms with van der Waals surface area (Å²) in [6, 6.07) is 0. The molecule has 0 saturated heterocycles. The maximum absolute atomic E-state index is 3.88. The molecule has 0 spiro atoms. The molecule has 0 aliphatic heterocycles. The van der Waals surface area contributed by atoms with Gasteiger partial charge in [0, 0.05) is 0 Å². The first-order valence-corrected chi connectivity index (χ1v) is 8.56. The van der Waals surface area contributed by atoms with Gasteiger partial charge in [-0.3, -0.25) is 0 Å². The van der Waals surface area contributed by atoms with E-state index in [2.05, 4.69) is 20.8 Å². The predicted molar refractivity (Wildman–Crippen MR) is 84.8 cm³/mol. The van der Waals surface area contributed by atoms with Crippen LogP contribution in [0.1, 0.15) is 104 Å². The van der Waals surface area contributed by atoms with Gasteiger partial charge in [-0.05, 0) is 5.92 Å². The maximum Gasteiger partial charge on any atom is 1.00 e. The molecule has 0 aromatic heterocycles. The Morgan fingerprint density at radius 1 is 0.579 bits per heavy atom. The average molecular weight is 293 g/mol. The zero-order valence-corrected chi connectivity index (χ0v) is 17.3. The first-order valence-electron chi connectivity index (χ1n) is 8.56. The van der Waals surface area contributed by atoms with Crippen molar-refractivity contribution in [1.29, 1.82) is 0 Å². The molecule has 19 heavy (non-hydrogen) atoms. The van der Waals surface area contributed by atoms with Crippen LogP contribution in [-0.2, 0) is 0 Å². The van der Waals surface area contributed by atoms with Gasteiger partial charge in [-0.2, -0.15) is 6.42 Å². The van der Waals surface area contributed by atoms with Crippen molar-refractivity contribution in [2.24, 2.45) is 5.92 Å². The molecule has 0 aromatic rings. The van der Waals surface area contributed by atoms with Crippen molar-refractivity contribution in [3.63, 3.8) is 0 Å². The summed E-state index contributed by atoms with van der Waals surface area (Å²) in [5.41, 5.74) is 0. The molecule has 0 saturated carbocycles. The van der Waals surface area contributed by atoms with Crippen molar-refractivity contribution >= 4 is 0 Å². The van der Waals surface area contributed by atoms with Crippen LogP contribution in [0.3, 0.4) is 0 Å². The minimum Gasteiger partial charge on any atom is -0.343 e. The molecule has 0 aromatic carbocycles. The Hall–Kier alpha value is 1.64. The van der Waals surface area contributed by atoms with Crippen LogP contribution in [0.2, 0.25) is 0 Å². The van der Waals surface area contributed by atoms with Gasteiger partial charge in [-0.25, -0.2) is 0 Å². The van der Waals surface area contributed by atoms with Crippen LogP contribution in [0.4, 0.5) is 0 Å². The molecule has 1 heteroatoms. The first kappa shape index (κ1) is 22.9. The van der Waals surface area contributed by atoms with E-state index in [4.69, 9.17) is 0 Å².